The topological polar surface area (TPSA) is 41.5 Å². The molecule has 0 aromatic heterocycles. The minimum absolute atomic E-state index is 0.317. The summed E-state index contributed by atoms with van der Waals surface area (Å²) in [5, 5.41) is 13.1. The molecular formula is C17H20BrNO2. The van der Waals surface area contributed by atoms with Crippen LogP contribution < -0.4 is 5.32 Å². The molecule has 0 spiro atoms. The Bertz CT molecular complexity index is 560. The lowest BCUT2D eigenvalue weighted by atomic mass is 10.2. The van der Waals surface area contributed by atoms with Crippen LogP contribution >= 0.6 is 15.9 Å². The Labute approximate surface area is 134 Å². The second kappa shape index (κ2) is 8.17. The summed E-state index contributed by atoms with van der Waals surface area (Å²) in [6.07, 6.45) is -0.530. The first-order valence-corrected chi connectivity index (χ1v) is 7.74. The molecule has 0 saturated heterocycles. The van der Waals surface area contributed by atoms with Crippen molar-refractivity contribution >= 4 is 21.6 Å². The molecule has 0 heterocycles. The van der Waals surface area contributed by atoms with Crippen molar-refractivity contribution in [3.05, 3.63) is 64.1 Å². The van der Waals surface area contributed by atoms with Crippen molar-refractivity contribution in [2.45, 2.75) is 19.6 Å². The maximum absolute atomic E-state index is 9.92. The second-order valence-corrected chi connectivity index (χ2v) is 5.85. The highest BCUT2D eigenvalue weighted by molar-refractivity contribution is 9.10. The van der Waals surface area contributed by atoms with E-state index in [0.29, 0.717) is 19.8 Å². The van der Waals surface area contributed by atoms with Gasteiger partial charge in [0.25, 0.3) is 0 Å². The summed E-state index contributed by atoms with van der Waals surface area (Å²) in [5.41, 5.74) is 3.27. The fourth-order valence-corrected chi connectivity index (χ4v) is 2.18. The SMILES string of the molecule is Cc1cc(NCC(O)COCc2ccccc2)ccc1Br. The van der Waals surface area contributed by atoms with Crippen molar-refractivity contribution in [3.8, 4) is 0 Å². The van der Waals surface area contributed by atoms with Gasteiger partial charge in [-0.3, -0.25) is 0 Å². The highest BCUT2D eigenvalue weighted by Gasteiger charge is 2.05. The molecule has 0 aliphatic rings. The van der Waals surface area contributed by atoms with Crippen LogP contribution in [0, 0.1) is 6.92 Å². The third kappa shape index (κ3) is 5.50. The molecule has 3 nitrogen and oxygen atoms in total. The zero-order valence-electron chi connectivity index (χ0n) is 12.1. The molecule has 1 unspecified atom stereocenters. The Morgan fingerprint density at radius 1 is 1.19 bits per heavy atom. The van der Waals surface area contributed by atoms with E-state index in [4.69, 9.17) is 4.74 Å². The van der Waals surface area contributed by atoms with E-state index in [9.17, 15) is 5.11 Å². The lowest BCUT2D eigenvalue weighted by Crippen LogP contribution is -2.24. The molecule has 112 valence electrons. The van der Waals surface area contributed by atoms with Gasteiger partial charge in [-0.15, -0.1) is 0 Å². The van der Waals surface area contributed by atoms with Crippen LogP contribution in [-0.2, 0) is 11.3 Å². The highest BCUT2D eigenvalue weighted by atomic mass is 79.9. The van der Waals surface area contributed by atoms with Crippen LogP contribution in [-0.4, -0.2) is 24.4 Å². The number of halogens is 1. The van der Waals surface area contributed by atoms with Crippen LogP contribution in [0.15, 0.2) is 53.0 Å². The van der Waals surface area contributed by atoms with Crippen molar-refractivity contribution in [1.29, 1.82) is 0 Å². The normalized spacial score (nSPS) is 12.1. The van der Waals surface area contributed by atoms with Gasteiger partial charge in [0.15, 0.2) is 0 Å². The lowest BCUT2D eigenvalue weighted by Gasteiger charge is -2.14. The Hall–Kier alpha value is -1.36. The number of hydrogen-bond donors (Lipinski definition) is 2. The first-order chi connectivity index (χ1) is 10.1. The number of aliphatic hydroxyl groups is 1. The largest absolute Gasteiger partial charge is 0.389 e. The molecule has 0 aliphatic heterocycles. The van der Waals surface area contributed by atoms with Crippen molar-refractivity contribution in [3.63, 3.8) is 0 Å². The van der Waals surface area contributed by atoms with Gasteiger partial charge in [0, 0.05) is 16.7 Å². The zero-order valence-corrected chi connectivity index (χ0v) is 13.6. The maximum atomic E-state index is 9.92. The van der Waals surface area contributed by atoms with Gasteiger partial charge < -0.3 is 15.2 Å². The van der Waals surface area contributed by atoms with Crippen molar-refractivity contribution in [2.24, 2.45) is 0 Å². The van der Waals surface area contributed by atoms with Gasteiger partial charge in [0.05, 0.1) is 19.3 Å². The monoisotopic (exact) mass is 349 g/mol. The van der Waals surface area contributed by atoms with Crippen molar-refractivity contribution in [2.75, 3.05) is 18.5 Å². The minimum atomic E-state index is -0.530. The van der Waals surface area contributed by atoms with E-state index in [0.717, 1.165) is 21.3 Å². The number of rotatable bonds is 7. The standard InChI is InChI=1S/C17H20BrNO2/c1-13-9-15(7-8-17(13)18)19-10-16(20)12-21-11-14-5-3-2-4-6-14/h2-9,16,19-20H,10-12H2,1H3. The van der Waals surface area contributed by atoms with Gasteiger partial charge >= 0.3 is 0 Å². The van der Waals surface area contributed by atoms with Crippen LogP contribution in [0.25, 0.3) is 0 Å². The Kier molecular flexibility index (Phi) is 6.23. The number of aryl methyl sites for hydroxylation is 1. The van der Waals surface area contributed by atoms with Gasteiger partial charge in [-0.2, -0.15) is 0 Å². The molecule has 0 bridgehead atoms. The molecule has 0 aliphatic carbocycles. The number of hydrogen-bond acceptors (Lipinski definition) is 3. The minimum Gasteiger partial charge on any atom is -0.389 e. The Morgan fingerprint density at radius 2 is 1.95 bits per heavy atom. The summed E-state index contributed by atoms with van der Waals surface area (Å²) in [4.78, 5) is 0. The van der Waals surface area contributed by atoms with Crippen molar-refractivity contribution in [1.82, 2.24) is 0 Å². The number of aliphatic hydroxyl groups excluding tert-OH is 1. The van der Waals surface area contributed by atoms with Gasteiger partial charge in [0.2, 0.25) is 0 Å². The molecule has 0 saturated carbocycles. The first kappa shape index (κ1) is 16.0. The van der Waals surface area contributed by atoms with E-state index in [1.165, 1.54) is 0 Å². The summed E-state index contributed by atoms with van der Waals surface area (Å²) in [6.45, 7) is 3.34. The van der Waals surface area contributed by atoms with Gasteiger partial charge in [-0.05, 0) is 36.2 Å². The van der Waals surface area contributed by atoms with E-state index in [1.807, 2.05) is 55.5 Å². The van der Waals surface area contributed by atoms with Crippen LogP contribution in [0.3, 0.4) is 0 Å². The Morgan fingerprint density at radius 3 is 2.67 bits per heavy atom. The highest BCUT2D eigenvalue weighted by Crippen LogP contribution is 2.19. The molecular weight excluding hydrogens is 330 g/mol. The molecule has 2 rings (SSSR count). The molecule has 0 radical (unpaired) electrons. The first-order valence-electron chi connectivity index (χ1n) is 6.95. The van der Waals surface area contributed by atoms with E-state index >= 15 is 0 Å². The molecule has 2 N–H and O–H groups in total. The molecule has 2 aromatic rings. The number of ether oxygens (including phenoxy) is 1. The maximum Gasteiger partial charge on any atom is 0.0945 e. The zero-order chi connectivity index (χ0) is 15.1. The summed E-state index contributed by atoms with van der Waals surface area (Å²) >= 11 is 3.47. The van der Waals surface area contributed by atoms with Crippen LogP contribution in [0.1, 0.15) is 11.1 Å². The lowest BCUT2D eigenvalue weighted by molar-refractivity contribution is 0.0348. The van der Waals surface area contributed by atoms with E-state index in [2.05, 4.69) is 21.2 Å². The number of benzene rings is 2. The fourth-order valence-electron chi connectivity index (χ4n) is 1.94. The third-order valence-corrected chi connectivity index (χ3v) is 4.01. The smallest absolute Gasteiger partial charge is 0.0945 e. The van der Waals surface area contributed by atoms with Crippen LogP contribution in [0.4, 0.5) is 5.69 Å². The van der Waals surface area contributed by atoms with E-state index < -0.39 is 6.10 Å². The van der Waals surface area contributed by atoms with Crippen molar-refractivity contribution < 1.29 is 9.84 Å². The molecule has 2 aromatic carbocycles. The van der Waals surface area contributed by atoms with Crippen LogP contribution in [0.5, 0.6) is 0 Å². The molecule has 1 atom stereocenters. The van der Waals surface area contributed by atoms with E-state index in [1.54, 1.807) is 0 Å². The van der Waals surface area contributed by atoms with E-state index in [-0.39, 0.29) is 0 Å². The predicted molar refractivity (Wildman–Crippen MR) is 89.5 cm³/mol. The molecule has 0 fully saturated rings. The quantitative estimate of drug-likeness (QED) is 0.799. The molecule has 4 heteroatoms. The number of nitrogens with one attached hydrogen (secondary N) is 1. The number of anilines is 1. The third-order valence-electron chi connectivity index (χ3n) is 3.12. The second-order valence-electron chi connectivity index (χ2n) is 5.00. The predicted octanol–water partition coefficient (Wildman–Crippen LogP) is 3.75. The fraction of sp³-hybridized carbons (Fsp3) is 0.294. The van der Waals surface area contributed by atoms with Gasteiger partial charge in [-0.1, -0.05) is 46.3 Å². The average Bonchev–Trinajstić information content (AvgIpc) is 2.49. The molecule has 0 amide bonds. The molecule has 21 heavy (non-hydrogen) atoms. The Balaban J connectivity index is 1.69. The van der Waals surface area contributed by atoms with Gasteiger partial charge in [-0.25, -0.2) is 0 Å². The summed E-state index contributed by atoms with van der Waals surface area (Å²) < 4.78 is 6.60. The summed E-state index contributed by atoms with van der Waals surface area (Å²) in [6, 6.07) is 16.0. The summed E-state index contributed by atoms with van der Waals surface area (Å²) in [7, 11) is 0. The van der Waals surface area contributed by atoms with Crippen LogP contribution in [0.2, 0.25) is 0 Å². The summed E-state index contributed by atoms with van der Waals surface area (Å²) in [5.74, 6) is 0. The average molecular weight is 350 g/mol. The van der Waals surface area contributed by atoms with Gasteiger partial charge in [0.1, 0.15) is 0 Å².